The van der Waals surface area contributed by atoms with Crippen molar-refractivity contribution in [1.82, 2.24) is 15.1 Å². The molecule has 0 spiro atoms. The van der Waals surface area contributed by atoms with E-state index in [1.165, 1.54) is 17.4 Å². The number of rotatable bonds is 1. The Morgan fingerprint density at radius 3 is 3.00 bits per heavy atom. The zero-order valence-electron chi connectivity index (χ0n) is 8.65. The quantitative estimate of drug-likeness (QED) is 0.718. The van der Waals surface area contributed by atoms with Crippen molar-refractivity contribution in [3.63, 3.8) is 0 Å². The second kappa shape index (κ2) is 3.49. The van der Waals surface area contributed by atoms with Crippen LogP contribution in [0.4, 0.5) is 4.39 Å². The van der Waals surface area contributed by atoms with E-state index in [1.54, 1.807) is 6.07 Å². The summed E-state index contributed by atoms with van der Waals surface area (Å²) in [5, 5.41) is 4.30. The number of aryl methyl sites for hydroxylation is 1. The lowest BCUT2D eigenvalue weighted by molar-refractivity contribution is 0.388. The monoisotopic (exact) mass is 251 g/mol. The van der Waals surface area contributed by atoms with Crippen molar-refractivity contribution in [2.45, 2.75) is 6.92 Å². The SMILES string of the molecule is Cc1nc2c(F)cc(-c3noc(=O)[nH]3)cc2s1. The van der Waals surface area contributed by atoms with Gasteiger partial charge in [-0.05, 0) is 19.1 Å². The molecule has 3 aromatic rings. The molecule has 0 amide bonds. The molecule has 86 valence electrons. The zero-order chi connectivity index (χ0) is 12.0. The number of aromatic amines is 1. The van der Waals surface area contributed by atoms with E-state index in [0.717, 1.165) is 5.01 Å². The summed E-state index contributed by atoms with van der Waals surface area (Å²) >= 11 is 1.38. The van der Waals surface area contributed by atoms with Crippen molar-refractivity contribution in [3.05, 3.63) is 33.5 Å². The molecule has 0 atom stereocenters. The minimum Gasteiger partial charge on any atom is -0.296 e. The smallest absolute Gasteiger partial charge is 0.296 e. The maximum Gasteiger partial charge on any atom is 0.439 e. The number of hydrogen-bond donors (Lipinski definition) is 1. The highest BCUT2D eigenvalue weighted by molar-refractivity contribution is 7.18. The number of H-pyrrole nitrogens is 1. The van der Waals surface area contributed by atoms with Crippen LogP contribution in [0.15, 0.2) is 21.5 Å². The first kappa shape index (κ1) is 10.2. The molecule has 0 aliphatic heterocycles. The van der Waals surface area contributed by atoms with Crippen molar-refractivity contribution in [1.29, 1.82) is 0 Å². The molecule has 5 nitrogen and oxygen atoms in total. The second-order valence-corrected chi connectivity index (χ2v) is 4.72. The predicted molar refractivity (Wildman–Crippen MR) is 60.4 cm³/mol. The van der Waals surface area contributed by atoms with Gasteiger partial charge in [0.25, 0.3) is 0 Å². The molecule has 0 aliphatic carbocycles. The average Bonchev–Trinajstić information content (AvgIpc) is 2.83. The van der Waals surface area contributed by atoms with Gasteiger partial charge in [0.05, 0.1) is 9.71 Å². The lowest BCUT2D eigenvalue weighted by Crippen LogP contribution is -1.95. The van der Waals surface area contributed by atoms with Crippen molar-refractivity contribution in [3.8, 4) is 11.4 Å². The van der Waals surface area contributed by atoms with E-state index in [4.69, 9.17) is 0 Å². The van der Waals surface area contributed by atoms with Crippen LogP contribution in [0, 0.1) is 12.7 Å². The third kappa shape index (κ3) is 1.64. The molecule has 17 heavy (non-hydrogen) atoms. The molecule has 7 heteroatoms. The fraction of sp³-hybridized carbons (Fsp3) is 0.100. The molecule has 2 aromatic heterocycles. The van der Waals surface area contributed by atoms with Gasteiger partial charge >= 0.3 is 5.76 Å². The van der Waals surface area contributed by atoms with Gasteiger partial charge in [0.1, 0.15) is 5.52 Å². The number of fused-ring (bicyclic) bond motifs is 1. The molecule has 2 heterocycles. The zero-order valence-corrected chi connectivity index (χ0v) is 9.47. The number of benzene rings is 1. The lowest BCUT2D eigenvalue weighted by Gasteiger charge is -1.96. The standard InChI is InChI=1S/C10H6FN3O2S/c1-4-12-8-6(11)2-5(3-7(8)17-4)9-13-10(15)16-14-9/h2-3H,1H3,(H,13,14,15). The van der Waals surface area contributed by atoms with Crippen LogP contribution < -0.4 is 5.76 Å². The second-order valence-electron chi connectivity index (χ2n) is 3.48. The summed E-state index contributed by atoms with van der Waals surface area (Å²) in [6, 6.07) is 2.99. The third-order valence-electron chi connectivity index (χ3n) is 2.27. The third-order valence-corrected chi connectivity index (χ3v) is 3.19. The summed E-state index contributed by atoms with van der Waals surface area (Å²) < 4.78 is 18.8. The normalized spacial score (nSPS) is 11.2. The molecule has 1 aromatic carbocycles. The topological polar surface area (TPSA) is 71.8 Å². The van der Waals surface area contributed by atoms with Crippen molar-refractivity contribution in [2.24, 2.45) is 0 Å². The number of nitrogens with one attached hydrogen (secondary N) is 1. The van der Waals surface area contributed by atoms with E-state index in [9.17, 15) is 9.18 Å². The summed E-state index contributed by atoms with van der Waals surface area (Å²) in [4.78, 5) is 17.3. The van der Waals surface area contributed by atoms with Gasteiger partial charge in [-0.2, -0.15) is 0 Å². The van der Waals surface area contributed by atoms with Gasteiger partial charge in [-0.3, -0.25) is 9.51 Å². The van der Waals surface area contributed by atoms with Crippen LogP contribution >= 0.6 is 11.3 Å². The molecule has 0 saturated carbocycles. The molecule has 0 fully saturated rings. The van der Waals surface area contributed by atoms with Gasteiger partial charge in [0.2, 0.25) is 0 Å². The van der Waals surface area contributed by atoms with Crippen LogP contribution in [0.3, 0.4) is 0 Å². The number of nitrogens with zero attached hydrogens (tertiary/aromatic N) is 2. The Labute approximate surface area is 97.9 Å². The Kier molecular flexibility index (Phi) is 2.08. The maximum atomic E-state index is 13.7. The lowest BCUT2D eigenvalue weighted by atomic mass is 10.2. The molecule has 0 bridgehead atoms. The van der Waals surface area contributed by atoms with Gasteiger partial charge in [-0.1, -0.05) is 5.16 Å². The molecule has 0 unspecified atom stereocenters. The van der Waals surface area contributed by atoms with Crippen LogP contribution in [0.1, 0.15) is 5.01 Å². The molecule has 0 saturated heterocycles. The van der Waals surface area contributed by atoms with Crippen LogP contribution in [0.2, 0.25) is 0 Å². The summed E-state index contributed by atoms with van der Waals surface area (Å²) in [7, 11) is 0. The summed E-state index contributed by atoms with van der Waals surface area (Å²) in [5.74, 6) is -0.895. The van der Waals surface area contributed by atoms with Crippen molar-refractivity contribution < 1.29 is 8.91 Å². The van der Waals surface area contributed by atoms with Crippen LogP contribution in [-0.4, -0.2) is 15.1 Å². The first-order valence-electron chi connectivity index (χ1n) is 4.76. The highest BCUT2D eigenvalue weighted by Crippen LogP contribution is 2.28. The Bertz CT molecular complexity index is 758. The van der Waals surface area contributed by atoms with Gasteiger partial charge in [-0.25, -0.2) is 14.2 Å². The van der Waals surface area contributed by atoms with E-state index in [2.05, 4.69) is 19.6 Å². The number of aromatic nitrogens is 3. The first-order valence-corrected chi connectivity index (χ1v) is 5.58. The van der Waals surface area contributed by atoms with E-state index in [-0.39, 0.29) is 5.82 Å². The minimum absolute atomic E-state index is 0.210. The molecule has 1 N–H and O–H groups in total. The Morgan fingerprint density at radius 2 is 2.29 bits per heavy atom. The van der Waals surface area contributed by atoms with Crippen LogP contribution in [0.5, 0.6) is 0 Å². The van der Waals surface area contributed by atoms with Crippen molar-refractivity contribution in [2.75, 3.05) is 0 Å². The largest absolute Gasteiger partial charge is 0.439 e. The molecule has 0 radical (unpaired) electrons. The van der Waals surface area contributed by atoms with Crippen LogP contribution in [-0.2, 0) is 0 Å². The minimum atomic E-state index is -0.666. The van der Waals surface area contributed by atoms with E-state index < -0.39 is 11.6 Å². The van der Waals surface area contributed by atoms with Crippen LogP contribution in [0.25, 0.3) is 21.6 Å². The molecule has 3 rings (SSSR count). The predicted octanol–water partition coefficient (Wildman–Crippen LogP) is 2.09. The summed E-state index contributed by atoms with van der Waals surface area (Å²) in [6.45, 7) is 1.81. The van der Waals surface area contributed by atoms with E-state index >= 15 is 0 Å². The van der Waals surface area contributed by atoms with Gasteiger partial charge in [0.15, 0.2) is 11.6 Å². The average molecular weight is 251 g/mol. The Hall–Kier alpha value is -2.02. The number of thiazole rings is 1. The fourth-order valence-corrected chi connectivity index (χ4v) is 2.47. The molecular formula is C10H6FN3O2S. The summed E-state index contributed by atoms with van der Waals surface area (Å²) in [6.07, 6.45) is 0. The van der Waals surface area contributed by atoms with Gasteiger partial charge in [-0.15, -0.1) is 11.3 Å². The van der Waals surface area contributed by atoms with E-state index in [1.807, 2.05) is 6.92 Å². The van der Waals surface area contributed by atoms with E-state index in [0.29, 0.717) is 15.8 Å². The number of halogens is 1. The molecule has 0 aliphatic rings. The number of hydrogen-bond acceptors (Lipinski definition) is 5. The van der Waals surface area contributed by atoms with Gasteiger partial charge < -0.3 is 0 Å². The highest BCUT2D eigenvalue weighted by atomic mass is 32.1. The Balaban J connectivity index is 2.28. The van der Waals surface area contributed by atoms with Crippen molar-refractivity contribution >= 4 is 21.6 Å². The molecular weight excluding hydrogens is 245 g/mol. The van der Waals surface area contributed by atoms with Gasteiger partial charge in [0, 0.05) is 5.56 Å². The first-order chi connectivity index (χ1) is 8.13. The maximum absolute atomic E-state index is 13.7. The summed E-state index contributed by atoms with van der Waals surface area (Å²) in [5.41, 5.74) is 0.798. The Morgan fingerprint density at radius 1 is 1.47 bits per heavy atom. The fourth-order valence-electron chi connectivity index (χ4n) is 1.59. The highest BCUT2D eigenvalue weighted by Gasteiger charge is 2.12.